The number of para-hydroxylation sites is 1. The van der Waals surface area contributed by atoms with Crippen molar-refractivity contribution < 1.29 is 4.52 Å². The van der Waals surface area contributed by atoms with Crippen LogP contribution in [0, 0.1) is 0 Å². The van der Waals surface area contributed by atoms with E-state index in [0.29, 0.717) is 11.3 Å². The lowest BCUT2D eigenvalue weighted by Gasteiger charge is -2.26. The van der Waals surface area contributed by atoms with Crippen LogP contribution in [0.4, 0.5) is 0 Å². The highest BCUT2D eigenvalue weighted by Gasteiger charge is 2.40. The van der Waals surface area contributed by atoms with Gasteiger partial charge in [0.05, 0.1) is 0 Å². The highest BCUT2D eigenvalue weighted by atomic mass is 31.1. The molecule has 0 N–H and O–H groups in total. The van der Waals surface area contributed by atoms with Crippen LogP contribution >= 0.6 is 8.15 Å². The molecule has 1 aliphatic heterocycles. The van der Waals surface area contributed by atoms with Crippen molar-refractivity contribution in [3.63, 3.8) is 0 Å². The van der Waals surface area contributed by atoms with E-state index in [-0.39, 0.29) is 0 Å². The fourth-order valence-electron chi connectivity index (χ4n) is 3.50. The van der Waals surface area contributed by atoms with Gasteiger partial charge in [-0.3, -0.25) is 0 Å². The second-order valence-electron chi connectivity index (χ2n) is 6.19. The molecule has 1 saturated heterocycles. The Bertz CT molecular complexity index is 710. The van der Waals surface area contributed by atoms with Gasteiger partial charge in [-0.2, -0.15) is 0 Å². The van der Waals surface area contributed by atoms with Gasteiger partial charge in [0.25, 0.3) is 0 Å². The smallest absolute Gasteiger partial charge is 0.123 e. The monoisotopic (exact) mass is 332 g/mol. The highest BCUT2D eigenvalue weighted by Crippen LogP contribution is 2.70. The molecule has 2 heteroatoms. The first-order chi connectivity index (χ1) is 11.9. The fraction of sp³-hybridized carbons (Fsp3) is 0.182. The van der Waals surface area contributed by atoms with Crippen LogP contribution in [0.25, 0.3) is 0 Å². The number of hydrogen-bond donors (Lipinski definition) is 0. The van der Waals surface area contributed by atoms with E-state index in [4.69, 9.17) is 4.52 Å². The van der Waals surface area contributed by atoms with Crippen molar-refractivity contribution in [3.05, 3.63) is 102 Å². The Morgan fingerprint density at radius 3 is 1.46 bits per heavy atom. The number of rotatable bonds is 4. The number of hydrogen-bond acceptors (Lipinski definition) is 1. The van der Waals surface area contributed by atoms with E-state index in [1.807, 2.05) is 6.07 Å². The molecular formula is C22H21OP. The summed E-state index contributed by atoms with van der Waals surface area (Å²) in [6.45, 7) is 0. The molecule has 3 aromatic rings. The van der Waals surface area contributed by atoms with E-state index in [0.717, 1.165) is 5.75 Å². The zero-order valence-corrected chi connectivity index (χ0v) is 14.5. The fourth-order valence-corrected chi connectivity index (χ4v) is 6.29. The van der Waals surface area contributed by atoms with Gasteiger partial charge in [0.1, 0.15) is 13.9 Å². The number of benzene rings is 3. The van der Waals surface area contributed by atoms with E-state index < -0.39 is 8.15 Å². The molecule has 0 aliphatic carbocycles. The van der Waals surface area contributed by atoms with Gasteiger partial charge in [-0.05, 0) is 36.1 Å². The van der Waals surface area contributed by atoms with Gasteiger partial charge >= 0.3 is 0 Å². The summed E-state index contributed by atoms with van der Waals surface area (Å²) in [5.74, 6) is 0.993. The zero-order valence-electron chi connectivity index (χ0n) is 13.6. The molecule has 0 spiro atoms. The molecule has 1 aliphatic rings. The summed E-state index contributed by atoms with van der Waals surface area (Å²) in [5, 5.41) is 0. The third-order valence-electron chi connectivity index (χ3n) is 4.65. The second-order valence-corrected chi connectivity index (χ2v) is 8.34. The molecule has 0 bridgehead atoms. The molecule has 0 unspecified atom stereocenters. The quantitative estimate of drug-likeness (QED) is 0.481. The summed E-state index contributed by atoms with van der Waals surface area (Å²) in [7, 11) is -0.601. The maximum absolute atomic E-state index is 6.57. The van der Waals surface area contributed by atoms with Gasteiger partial charge in [-0.1, -0.05) is 78.9 Å². The van der Waals surface area contributed by atoms with Crippen LogP contribution in [0.15, 0.2) is 91.0 Å². The van der Waals surface area contributed by atoms with Crippen molar-refractivity contribution >= 4 is 8.15 Å². The molecule has 2 atom stereocenters. The molecule has 24 heavy (non-hydrogen) atoms. The van der Waals surface area contributed by atoms with E-state index in [1.165, 1.54) is 24.0 Å². The van der Waals surface area contributed by atoms with Gasteiger partial charge < -0.3 is 4.52 Å². The van der Waals surface area contributed by atoms with E-state index in [9.17, 15) is 0 Å². The third kappa shape index (κ3) is 3.23. The molecular weight excluding hydrogens is 311 g/mol. The molecule has 0 saturated carbocycles. The summed E-state index contributed by atoms with van der Waals surface area (Å²) in [5.41, 5.74) is 3.84. The molecule has 3 aromatic carbocycles. The van der Waals surface area contributed by atoms with Crippen LogP contribution in [-0.4, -0.2) is 0 Å². The van der Waals surface area contributed by atoms with Crippen LogP contribution in [0.2, 0.25) is 0 Å². The lowest BCUT2D eigenvalue weighted by molar-refractivity contribution is 0.600. The summed E-state index contributed by atoms with van der Waals surface area (Å²) in [4.78, 5) is 0. The topological polar surface area (TPSA) is 9.23 Å². The van der Waals surface area contributed by atoms with Crippen molar-refractivity contribution in [2.75, 3.05) is 0 Å². The van der Waals surface area contributed by atoms with Crippen LogP contribution in [-0.2, 0) is 0 Å². The maximum atomic E-state index is 6.57. The molecule has 1 fully saturated rings. The minimum atomic E-state index is -0.601. The van der Waals surface area contributed by atoms with Gasteiger partial charge in [0.2, 0.25) is 0 Å². The summed E-state index contributed by atoms with van der Waals surface area (Å²) < 4.78 is 6.57. The van der Waals surface area contributed by atoms with Gasteiger partial charge in [0.15, 0.2) is 0 Å². The minimum Gasteiger partial charge on any atom is -0.473 e. The molecule has 0 aromatic heterocycles. The van der Waals surface area contributed by atoms with Crippen LogP contribution < -0.4 is 4.52 Å². The summed E-state index contributed by atoms with van der Waals surface area (Å²) in [6.07, 6.45) is 2.39. The molecule has 0 amide bonds. The Kier molecular flexibility index (Phi) is 4.62. The lowest BCUT2D eigenvalue weighted by Crippen LogP contribution is -2.00. The van der Waals surface area contributed by atoms with Crippen molar-refractivity contribution in [1.82, 2.24) is 0 Å². The van der Waals surface area contributed by atoms with Crippen LogP contribution in [0.5, 0.6) is 5.75 Å². The minimum absolute atomic E-state index is 0.506. The Morgan fingerprint density at radius 1 is 0.583 bits per heavy atom. The second kappa shape index (κ2) is 7.20. The van der Waals surface area contributed by atoms with Crippen molar-refractivity contribution in [3.8, 4) is 5.75 Å². The molecule has 4 rings (SSSR count). The normalized spacial score (nSPS) is 20.8. The molecule has 1 heterocycles. The first-order valence-electron chi connectivity index (χ1n) is 8.53. The van der Waals surface area contributed by atoms with E-state index >= 15 is 0 Å². The molecule has 1 nitrogen and oxygen atoms in total. The summed E-state index contributed by atoms with van der Waals surface area (Å²) >= 11 is 0. The Hall–Kier alpha value is -2.11. The Morgan fingerprint density at radius 2 is 1.00 bits per heavy atom. The van der Waals surface area contributed by atoms with E-state index in [2.05, 4.69) is 84.9 Å². The average Bonchev–Trinajstić information content (AvgIpc) is 3.07. The maximum Gasteiger partial charge on any atom is 0.123 e. The average molecular weight is 332 g/mol. The zero-order chi connectivity index (χ0) is 16.2. The van der Waals surface area contributed by atoms with Gasteiger partial charge in [-0.25, -0.2) is 0 Å². The predicted octanol–water partition coefficient (Wildman–Crippen LogP) is 6.74. The predicted molar refractivity (Wildman–Crippen MR) is 102 cm³/mol. The van der Waals surface area contributed by atoms with Crippen molar-refractivity contribution in [2.45, 2.75) is 24.2 Å². The van der Waals surface area contributed by atoms with Gasteiger partial charge in [-0.15, -0.1) is 0 Å². The van der Waals surface area contributed by atoms with Gasteiger partial charge in [0, 0.05) is 11.3 Å². The van der Waals surface area contributed by atoms with Crippen LogP contribution in [0.3, 0.4) is 0 Å². The van der Waals surface area contributed by atoms with Crippen molar-refractivity contribution in [2.24, 2.45) is 0 Å². The molecule has 120 valence electrons. The first-order valence-corrected chi connectivity index (χ1v) is 9.93. The standard InChI is InChI=1S/C22H21OP/c1-4-10-18(11-5-1)21-16-17-22(19-12-6-2-7-13-19)24(21)23-20-14-8-3-9-15-20/h1-15,21-22H,16-17H2/t21-,22-/m0/s1. The third-order valence-corrected chi connectivity index (χ3v) is 7.41. The lowest BCUT2D eigenvalue weighted by atomic mass is 10.0. The summed E-state index contributed by atoms with van der Waals surface area (Å²) in [6, 6.07) is 32.0. The largest absolute Gasteiger partial charge is 0.473 e. The Balaban J connectivity index is 1.67. The van der Waals surface area contributed by atoms with Crippen LogP contribution in [0.1, 0.15) is 35.3 Å². The molecule has 0 radical (unpaired) electrons. The van der Waals surface area contributed by atoms with Crippen molar-refractivity contribution in [1.29, 1.82) is 0 Å². The first kappa shape index (κ1) is 15.4. The SMILES string of the molecule is c1ccc(OP2[C@H](c3ccccc3)CC[C@H]2c2ccccc2)cc1. The highest BCUT2D eigenvalue weighted by molar-refractivity contribution is 7.54. The Labute approximate surface area is 145 Å². The van der Waals surface area contributed by atoms with E-state index in [1.54, 1.807) is 0 Å².